The summed E-state index contributed by atoms with van der Waals surface area (Å²) in [6.45, 7) is 1.15. The Labute approximate surface area is 99.0 Å². The summed E-state index contributed by atoms with van der Waals surface area (Å²) < 4.78 is 0. The Morgan fingerprint density at radius 1 is 1.62 bits per heavy atom. The van der Waals surface area contributed by atoms with Crippen molar-refractivity contribution in [1.29, 1.82) is 0 Å². The van der Waals surface area contributed by atoms with Crippen LogP contribution in [0.2, 0.25) is 0 Å². The molecule has 3 nitrogen and oxygen atoms in total. The third kappa shape index (κ3) is 3.09. The maximum atomic E-state index is 11.7. The van der Waals surface area contributed by atoms with Crippen LogP contribution in [0.5, 0.6) is 0 Å². The highest BCUT2D eigenvalue weighted by Crippen LogP contribution is 2.27. The number of carbonyl (C=O) groups excluding carboxylic acids is 1. The van der Waals surface area contributed by atoms with Crippen LogP contribution in [0.15, 0.2) is 11.4 Å². The molecule has 1 aromatic heterocycles. The molecule has 84 valence electrons. The summed E-state index contributed by atoms with van der Waals surface area (Å²) in [5.74, 6) is 6.40. The smallest absolute Gasteiger partial charge is 0.252 e. The van der Waals surface area contributed by atoms with Gasteiger partial charge in [-0.2, -0.15) is 0 Å². The number of thiophene rings is 1. The summed E-state index contributed by atoms with van der Waals surface area (Å²) in [7, 11) is 0. The van der Waals surface area contributed by atoms with Gasteiger partial charge in [-0.3, -0.25) is 4.79 Å². The lowest BCUT2D eigenvalue weighted by Crippen LogP contribution is -2.24. The SMILES string of the molecule is NCC#Cc1cc(C(=O)NCC2CC2)cs1. The van der Waals surface area contributed by atoms with Crippen LogP contribution in [0.3, 0.4) is 0 Å². The monoisotopic (exact) mass is 234 g/mol. The second kappa shape index (κ2) is 5.15. The first kappa shape index (κ1) is 11.2. The molecular formula is C12H14N2OS. The molecule has 0 bridgehead atoms. The molecule has 1 amide bonds. The minimum absolute atomic E-state index is 0.00366. The largest absolute Gasteiger partial charge is 0.352 e. The van der Waals surface area contributed by atoms with Gasteiger partial charge >= 0.3 is 0 Å². The number of nitrogens with two attached hydrogens (primary N) is 1. The predicted octanol–water partition coefficient (Wildman–Crippen LogP) is 1.20. The fourth-order valence-electron chi connectivity index (χ4n) is 1.32. The van der Waals surface area contributed by atoms with Crippen LogP contribution in [0.1, 0.15) is 28.1 Å². The van der Waals surface area contributed by atoms with Gasteiger partial charge < -0.3 is 11.1 Å². The first-order valence-electron chi connectivity index (χ1n) is 5.35. The Hall–Kier alpha value is -1.31. The molecule has 16 heavy (non-hydrogen) atoms. The summed E-state index contributed by atoms with van der Waals surface area (Å²) in [5.41, 5.74) is 5.98. The maximum absolute atomic E-state index is 11.7. The van der Waals surface area contributed by atoms with Crippen molar-refractivity contribution < 1.29 is 4.79 Å². The van der Waals surface area contributed by atoms with Crippen molar-refractivity contribution in [1.82, 2.24) is 5.32 Å². The maximum Gasteiger partial charge on any atom is 0.252 e. The zero-order valence-corrected chi connectivity index (χ0v) is 9.77. The van der Waals surface area contributed by atoms with Crippen molar-refractivity contribution in [3.8, 4) is 11.8 Å². The van der Waals surface area contributed by atoms with Crippen LogP contribution in [-0.2, 0) is 0 Å². The van der Waals surface area contributed by atoms with E-state index in [1.165, 1.54) is 24.2 Å². The lowest BCUT2D eigenvalue weighted by atomic mass is 10.3. The van der Waals surface area contributed by atoms with Crippen LogP contribution in [0.25, 0.3) is 0 Å². The fraction of sp³-hybridized carbons (Fsp3) is 0.417. The lowest BCUT2D eigenvalue weighted by Gasteiger charge is -2.00. The van der Waals surface area contributed by atoms with E-state index >= 15 is 0 Å². The van der Waals surface area contributed by atoms with E-state index in [0.29, 0.717) is 18.0 Å². The van der Waals surface area contributed by atoms with E-state index in [-0.39, 0.29) is 5.91 Å². The van der Waals surface area contributed by atoms with E-state index in [0.717, 1.165) is 11.4 Å². The summed E-state index contributed by atoms with van der Waals surface area (Å²) in [6, 6.07) is 1.82. The molecule has 1 aliphatic rings. The van der Waals surface area contributed by atoms with Gasteiger partial charge in [0.1, 0.15) is 0 Å². The molecule has 1 fully saturated rings. The molecule has 0 saturated heterocycles. The zero-order valence-electron chi connectivity index (χ0n) is 8.95. The molecule has 3 N–H and O–H groups in total. The predicted molar refractivity (Wildman–Crippen MR) is 65.3 cm³/mol. The van der Waals surface area contributed by atoms with Crippen LogP contribution < -0.4 is 11.1 Å². The summed E-state index contributed by atoms with van der Waals surface area (Å²) in [5, 5.41) is 4.76. The Kier molecular flexibility index (Phi) is 3.60. The van der Waals surface area contributed by atoms with Crippen LogP contribution in [0.4, 0.5) is 0 Å². The number of carbonyl (C=O) groups is 1. The lowest BCUT2D eigenvalue weighted by molar-refractivity contribution is 0.0952. The van der Waals surface area contributed by atoms with Gasteiger partial charge in [-0.15, -0.1) is 11.3 Å². The van der Waals surface area contributed by atoms with Crippen molar-refractivity contribution >= 4 is 17.2 Å². The third-order valence-corrected chi connectivity index (χ3v) is 3.27. The van der Waals surface area contributed by atoms with E-state index < -0.39 is 0 Å². The molecule has 1 aliphatic carbocycles. The Balaban J connectivity index is 1.91. The molecule has 0 unspecified atom stereocenters. The normalized spacial score (nSPS) is 14.1. The van der Waals surface area contributed by atoms with E-state index in [1.807, 2.05) is 11.4 Å². The van der Waals surface area contributed by atoms with Crippen LogP contribution >= 0.6 is 11.3 Å². The number of nitrogens with one attached hydrogen (secondary N) is 1. The van der Waals surface area contributed by atoms with Crippen molar-refractivity contribution in [3.63, 3.8) is 0 Å². The van der Waals surface area contributed by atoms with E-state index in [1.54, 1.807) is 0 Å². The third-order valence-electron chi connectivity index (χ3n) is 2.42. The van der Waals surface area contributed by atoms with Gasteiger partial charge in [-0.05, 0) is 24.8 Å². The molecule has 4 heteroatoms. The van der Waals surface area contributed by atoms with Gasteiger partial charge in [0.05, 0.1) is 17.0 Å². The topological polar surface area (TPSA) is 55.1 Å². The Morgan fingerprint density at radius 2 is 2.44 bits per heavy atom. The highest BCUT2D eigenvalue weighted by atomic mass is 32.1. The van der Waals surface area contributed by atoms with Gasteiger partial charge in [-0.25, -0.2) is 0 Å². The second-order valence-corrected chi connectivity index (χ2v) is 4.77. The van der Waals surface area contributed by atoms with Crippen LogP contribution in [0, 0.1) is 17.8 Å². The highest BCUT2D eigenvalue weighted by molar-refractivity contribution is 7.10. The van der Waals surface area contributed by atoms with E-state index in [2.05, 4.69) is 17.2 Å². The molecule has 1 saturated carbocycles. The first-order valence-corrected chi connectivity index (χ1v) is 6.23. The molecule has 1 aromatic rings. The number of amides is 1. The highest BCUT2D eigenvalue weighted by Gasteiger charge is 2.21. The molecule has 0 aromatic carbocycles. The summed E-state index contributed by atoms with van der Waals surface area (Å²) in [6.07, 6.45) is 2.49. The zero-order chi connectivity index (χ0) is 11.4. The number of hydrogen-bond acceptors (Lipinski definition) is 3. The average Bonchev–Trinajstić information content (AvgIpc) is 3.00. The second-order valence-electron chi connectivity index (χ2n) is 3.86. The minimum Gasteiger partial charge on any atom is -0.352 e. The molecule has 1 heterocycles. The molecule has 0 atom stereocenters. The van der Waals surface area contributed by atoms with Crippen molar-refractivity contribution in [2.24, 2.45) is 11.7 Å². The van der Waals surface area contributed by atoms with E-state index in [4.69, 9.17) is 5.73 Å². The van der Waals surface area contributed by atoms with Crippen LogP contribution in [-0.4, -0.2) is 19.0 Å². The van der Waals surface area contributed by atoms with Crippen molar-refractivity contribution in [2.45, 2.75) is 12.8 Å². The van der Waals surface area contributed by atoms with Gasteiger partial charge in [0.25, 0.3) is 5.91 Å². The Morgan fingerprint density at radius 3 is 3.12 bits per heavy atom. The molecule has 2 rings (SSSR count). The molecule has 0 aliphatic heterocycles. The van der Waals surface area contributed by atoms with Gasteiger partial charge in [0.2, 0.25) is 0 Å². The van der Waals surface area contributed by atoms with E-state index in [9.17, 15) is 4.79 Å². The number of hydrogen-bond donors (Lipinski definition) is 2. The summed E-state index contributed by atoms with van der Waals surface area (Å²) >= 11 is 1.48. The molecule has 0 spiro atoms. The number of rotatable bonds is 3. The fourth-order valence-corrected chi connectivity index (χ4v) is 2.08. The van der Waals surface area contributed by atoms with Crippen molar-refractivity contribution in [2.75, 3.05) is 13.1 Å². The standard InChI is InChI=1S/C12H14N2OS/c13-5-1-2-11-6-10(8-16-11)12(15)14-7-9-3-4-9/h6,8-9H,3-5,7,13H2,(H,14,15). The van der Waals surface area contributed by atoms with Crippen molar-refractivity contribution in [3.05, 3.63) is 21.9 Å². The van der Waals surface area contributed by atoms with Gasteiger partial charge in [-0.1, -0.05) is 11.8 Å². The summed E-state index contributed by atoms with van der Waals surface area (Å²) in [4.78, 5) is 12.6. The minimum atomic E-state index is 0.00366. The van der Waals surface area contributed by atoms with Gasteiger partial charge in [0.15, 0.2) is 0 Å². The Bertz CT molecular complexity index is 437. The van der Waals surface area contributed by atoms with Gasteiger partial charge in [0, 0.05) is 11.9 Å². The molecular weight excluding hydrogens is 220 g/mol. The quantitative estimate of drug-likeness (QED) is 0.772. The molecule has 0 radical (unpaired) electrons. The first-order chi connectivity index (χ1) is 7.79. The average molecular weight is 234 g/mol.